The van der Waals surface area contributed by atoms with Gasteiger partial charge in [-0.3, -0.25) is 13.9 Å². The Morgan fingerprint density at radius 1 is 0.932 bits per heavy atom. The smallest absolute Gasteiger partial charge is 0.243 e. The van der Waals surface area contributed by atoms with Gasteiger partial charge < -0.3 is 19.7 Å². The number of fused-ring (bicyclic) bond motifs is 1. The summed E-state index contributed by atoms with van der Waals surface area (Å²) in [6.07, 6.45) is 1.58. The van der Waals surface area contributed by atoms with Gasteiger partial charge in [0.05, 0.1) is 11.9 Å². The van der Waals surface area contributed by atoms with Crippen LogP contribution >= 0.6 is 0 Å². The second kappa shape index (κ2) is 15.1. The van der Waals surface area contributed by atoms with Crippen molar-refractivity contribution in [3.8, 4) is 11.5 Å². The number of carbonyl (C=O) groups excluding carboxylic acids is 2. The van der Waals surface area contributed by atoms with E-state index < -0.39 is 21.9 Å². The third-order valence-corrected chi connectivity index (χ3v) is 8.38. The standard InChI is InChI=1S/C33H40FN3O6S/c1-24(2)22-35-33(39)29(20-25-8-5-4-6-9-25)36(23-26-11-13-27(34)14-12-26)32(38)10-7-17-37(44(3,40)41)28-15-16-30-31(21-28)43-19-18-42-30/h4-6,8-9,11-16,21,24,29H,7,10,17-20,22-23H2,1-3H3,(H,35,39). The Morgan fingerprint density at radius 2 is 1.61 bits per heavy atom. The van der Waals surface area contributed by atoms with Gasteiger partial charge in [0.2, 0.25) is 21.8 Å². The van der Waals surface area contributed by atoms with Crippen LogP contribution in [0.1, 0.15) is 37.8 Å². The van der Waals surface area contributed by atoms with E-state index in [4.69, 9.17) is 9.47 Å². The first-order chi connectivity index (χ1) is 21.0. The molecule has 0 saturated carbocycles. The van der Waals surface area contributed by atoms with E-state index in [2.05, 4.69) is 5.32 Å². The van der Waals surface area contributed by atoms with Crippen molar-refractivity contribution in [3.05, 3.63) is 89.7 Å². The van der Waals surface area contributed by atoms with Crippen molar-refractivity contribution in [2.45, 2.75) is 45.7 Å². The average molecular weight is 626 g/mol. The van der Waals surface area contributed by atoms with Crippen LogP contribution in [-0.4, -0.2) is 63.7 Å². The molecule has 1 atom stereocenters. The predicted octanol–water partition coefficient (Wildman–Crippen LogP) is 4.56. The van der Waals surface area contributed by atoms with Crippen LogP contribution in [0.25, 0.3) is 0 Å². The molecule has 2 amide bonds. The number of sulfonamides is 1. The van der Waals surface area contributed by atoms with Gasteiger partial charge >= 0.3 is 0 Å². The number of carbonyl (C=O) groups is 2. The molecule has 236 valence electrons. The first-order valence-electron chi connectivity index (χ1n) is 14.7. The van der Waals surface area contributed by atoms with E-state index in [1.165, 1.54) is 21.3 Å². The number of nitrogens with one attached hydrogen (secondary N) is 1. The Hall–Kier alpha value is -4.12. The molecule has 3 aromatic rings. The Kier molecular flexibility index (Phi) is 11.2. The van der Waals surface area contributed by atoms with E-state index >= 15 is 0 Å². The molecular weight excluding hydrogens is 585 g/mol. The van der Waals surface area contributed by atoms with Crippen molar-refractivity contribution in [1.29, 1.82) is 0 Å². The highest BCUT2D eigenvalue weighted by molar-refractivity contribution is 7.92. The van der Waals surface area contributed by atoms with Crippen LogP contribution in [0.5, 0.6) is 11.5 Å². The first-order valence-corrected chi connectivity index (χ1v) is 16.6. The first kappa shape index (κ1) is 32.8. The Balaban J connectivity index is 1.57. The zero-order valence-electron chi connectivity index (χ0n) is 25.4. The fourth-order valence-corrected chi connectivity index (χ4v) is 5.91. The van der Waals surface area contributed by atoms with Crippen LogP contribution in [0.15, 0.2) is 72.8 Å². The maximum Gasteiger partial charge on any atom is 0.243 e. The van der Waals surface area contributed by atoms with Crippen molar-refractivity contribution >= 4 is 27.5 Å². The number of hydrogen-bond acceptors (Lipinski definition) is 6. The molecule has 9 nitrogen and oxygen atoms in total. The summed E-state index contributed by atoms with van der Waals surface area (Å²) in [6.45, 7) is 5.33. The van der Waals surface area contributed by atoms with Gasteiger partial charge in [-0.05, 0) is 47.7 Å². The van der Waals surface area contributed by atoms with E-state index in [1.807, 2.05) is 44.2 Å². The molecule has 3 aromatic carbocycles. The van der Waals surface area contributed by atoms with Crippen LogP contribution in [0.2, 0.25) is 0 Å². The topological polar surface area (TPSA) is 105 Å². The fourth-order valence-electron chi connectivity index (χ4n) is 4.95. The van der Waals surface area contributed by atoms with Crippen molar-refractivity contribution in [1.82, 2.24) is 10.2 Å². The Morgan fingerprint density at radius 3 is 2.27 bits per heavy atom. The third-order valence-electron chi connectivity index (χ3n) is 7.19. The van der Waals surface area contributed by atoms with Crippen molar-refractivity contribution in [3.63, 3.8) is 0 Å². The largest absolute Gasteiger partial charge is 0.486 e. The summed E-state index contributed by atoms with van der Waals surface area (Å²) in [5.41, 5.74) is 1.96. The van der Waals surface area contributed by atoms with E-state index in [9.17, 15) is 22.4 Å². The summed E-state index contributed by atoms with van der Waals surface area (Å²) in [6, 6.07) is 19.4. The van der Waals surface area contributed by atoms with E-state index in [0.29, 0.717) is 42.5 Å². The molecule has 1 aliphatic rings. The highest BCUT2D eigenvalue weighted by Gasteiger charge is 2.31. The number of nitrogens with zero attached hydrogens (tertiary/aromatic N) is 2. The number of rotatable bonds is 14. The summed E-state index contributed by atoms with van der Waals surface area (Å²) >= 11 is 0. The molecule has 1 unspecified atom stereocenters. The zero-order chi connectivity index (χ0) is 31.7. The average Bonchev–Trinajstić information content (AvgIpc) is 3.00. The van der Waals surface area contributed by atoms with Gasteiger partial charge in [-0.25, -0.2) is 12.8 Å². The second-order valence-electron chi connectivity index (χ2n) is 11.3. The van der Waals surface area contributed by atoms with Crippen molar-refractivity contribution < 1.29 is 31.9 Å². The molecule has 1 heterocycles. The minimum Gasteiger partial charge on any atom is -0.486 e. The number of anilines is 1. The number of halogens is 1. The molecule has 0 bridgehead atoms. The lowest BCUT2D eigenvalue weighted by Gasteiger charge is -2.32. The molecule has 0 spiro atoms. The monoisotopic (exact) mass is 625 g/mol. The zero-order valence-corrected chi connectivity index (χ0v) is 26.2. The lowest BCUT2D eigenvalue weighted by Crippen LogP contribution is -2.51. The molecular formula is C33H40FN3O6S. The van der Waals surface area contributed by atoms with Gasteiger partial charge in [-0.1, -0.05) is 56.3 Å². The SMILES string of the molecule is CC(C)CNC(=O)C(Cc1ccccc1)N(Cc1ccc(F)cc1)C(=O)CCCN(c1ccc2c(c1)OCCO2)S(C)(=O)=O. The second-order valence-corrected chi connectivity index (χ2v) is 13.2. The number of benzene rings is 3. The predicted molar refractivity (Wildman–Crippen MR) is 168 cm³/mol. The van der Waals surface area contributed by atoms with Gasteiger partial charge in [0.1, 0.15) is 25.1 Å². The summed E-state index contributed by atoms with van der Waals surface area (Å²) in [4.78, 5) is 29.0. The highest BCUT2D eigenvalue weighted by Crippen LogP contribution is 2.34. The number of amides is 2. The summed E-state index contributed by atoms with van der Waals surface area (Å²) in [5, 5.41) is 2.97. The van der Waals surface area contributed by atoms with Crippen molar-refractivity contribution in [2.24, 2.45) is 5.92 Å². The molecule has 0 radical (unpaired) electrons. The van der Waals surface area contributed by atoms with Crippen LogP contribution in [0.3, 0.4) is 0 Å². The van der Waals surface area contributed by atoms with Gasteiger partial charge in [0, 0.05) is 38.5 Å². The number of hydrogen-bond donors (Lipinski definition) is 1. The molecule has 11 heteroatoms. The Labute approximate surface area is 259 Å². The van der Waals surface area contributed by atoms with Gasteiger partial charge in [0.15, 0.2) is 11.5 Å². The van der Waals surface area contributed by atoms with Gasteiger partial charge in [-0.15, -0.1) is 0 Å². The van der Waals surface area contributed by atoms with Crippen LogP contribution in [-0.2, 0) is 32.6 Å². The molecule has 1 N–H and O–H groups in total. The summed E-state index contributed by atoms with van der Waals surface area (Å²) < 4.78 is 51.7. The normalized spacial score (nSPS) is 13.3. The van der Waals surface area contributed by atoms with E-state index in [-0.39, 0.29) is 50.1 Å². The maximum atomic E-state index is 13.9. The van der Waals surface area contributed by atoms with Crippen LogP contribution in [0.4, 0.5) is 10.1 Å². The van der Waals surface area contributed by atoms with Gasteiger partial charge in [0.25, 0.3) is 0 Å². The summed E-state index contributed by atoms with van der Waals surface area (Å²) in [7, 11) is -3.69. The van der Waals surface area contributed by atoms with Gasteiger partial charge in [-0.2, -0.15) is 0 Å². The third kappa shape index (κ3) is 9.19. The van der Waals surface area contributed by atoms with Crippen molar-refractivity contribution in [2.75, 3.05) is 36.9 Å². The van der Waals surface area contributed by atoms with Crippen LogP contribution < -0.4 is 19.1 Å². The fraction of sp³-hybridized carbons (Fsp3) is 0.394. The van der Waals surface area contributed by atoms with E-state index in [1.54, 1.807) is 30.3 Å². The minimum atomic E-state index is -3.69. The molecule has 0 aromatic heterocycles. The molecule has 0 fully saturated rings. The molecule has 1 aliphatic heterocycles. The molecule has 4 rings (SSSR count). The highest BCUT2D eigenvalue weighted by atomic mass is 32.2. The summed E-state index contributed by atoms with van der Waals surface area (Å²) in [5.74, 6) is 0.209. The minimum absolute atomic E-state index is 0.0134. The van der Waals surface area contributed by atoms with E-state index in [0.717, 1.165) is 11.8 Å². The lowest BCUT2D eigenvalue weighted by molar-refractivity contribution is -0.141. The van der Waals surface area contributed by atoms with Crippen LogP contribution in [0, 0.1) is 11.7 Å². The molecule has 44 heavy (non-hydrogen) atoms. The maximum absolute atomic E-state index is 13.9. The molecule has 0 aliphatic carbocycles. The molecule has 0 saturated heterocycles. The Bertz CT molecular complexity index is 1520. The lowest BCUT2D eigenvalue weighted by atomic mass is 10.0. The number of ether oxygens (including phenoxy) is 2. The quantitative estimate of drug-likeness (QED) is 0.282.